The van der Waals surface area contributed by atoms with E-state index in [1.165, 1.54) is 6.92 Å². The van der Waals surface area contributed by atoms with Gasteiger partial charge in [0.1, 0.15) is 11.6 Å². The highest BCUT2D eigenvalue weighted by molar-refractivity contribution is 6.31. The van der Waals surface area contributed by atoms with Crippen LogP contribution in [0.2, 0.25) is 5.02 Å². The molecule has 14 heavy (non-hydrogen) atoms. The van der Waals surface area contributed by atoms with Crippen LogP contribution in [0.1, 0.15) is 23.6 Å². The predicted molar refractivity (Wildman–Crippen MR) is 55.3 cm³/mol. The standard InChI is InChI=1S/C11H12ClFO/c1-6(14)4-9-5-10(12)8(3)11(13)7(9)2/h5H,4H2,1-3H3. The molecule has 76 valence electrons. The number of benzene rings is 1. The van der Waals surface area contributed by atoms with Crippen molar-refractivity contribution in [2.45, 2.75) is 27.2 Å². The lowest BCUT2D eigenvalue weighted by Gasteiger charge is -2.09. The molecule has 0 aliphatic rings. The maximum absolute atomic E-state index is 13.5. The van der Waals surface area contributed by atoms with Gasteiger partial charge in [0.05, 0.1) is 0 Å². The van der Waals surface area contributed by atoms with E-state index in [2.05, 4.69) is 0 Å². The first-order valence-corrected chi connectivity index (χ1v) is 4.74. The second-order valence-electron chi connectivity index (χ2n) is 3.46. The first-order valence-electron chi connectivity index (χ1n) is 4.37. The molecular weight excluding hydrogens is 203 g/mol. The molecule has 3 heteroatoms. The number of hydrogen-bond donors (Lipinski definition) is 0. The Kier molecular flexibility index (Phi) is 3.27. The highest BCUT2D eigenvalue weighted by Gasteiger charge is 2.12. The molecule has 0 N–H and O–H groups in total. The molecule has 0 atom stereocenters. The van der Waals surface area contributed by atoms with Crippen molar-refractivity contribution in [3.63, 3.8) is 0 Å². The van der Waals surface area contributed by atoms with E-state index in [0.717, 1.165) is 0 Å². The van der Waals surface area contributed by atoms with Gasteiger partial charge in [-0.05, 0) is 38.0 Å². The number of Topliss-reactive ketones (excluding diaryl/α,β-unsaturated/α-hetero) is 1. The van der Waals surface area contributed by atoms with Crippen molar-refractivity contribution in [2.24, 2.45) is 0 Å². The van der Waals surface area contributed by atoms with E-state index < -0.39 is 0 Å². The van der Waals surface area contributed by atoms with Crippen molar-refractivity contribution >= 4 is 17.4 Å². The molecule has 1 nitrogen and oxygen atoms in total. The van der Waals surface area contributed by atoms with E-state index in [1.807, 2.05) is 0 Å². The first-order chi connectivity index (χ1) is 6.43. The Morgan fingerprint density at radius 3 is 2.50 bits per heavy atom. The molecule has 0 saturated heterocycles. The Labute approximate surface area is 87.9 Å². The maximum atomic E-state index is 13.5. The van der Waals surface area contributed by atoms with Gasteiger partial charge in [0.15, 0.2) is 0 Å². The van der Waals surface area contributed by atoms with Gasteiger partial charge in [0.2, 0.25) is 0 Å². The summed E-state index contributed by atoms with van der Waals surface area (Å²) in [5.74, 6) is -0.304. The average molecular weight is 215 g/mol. The average Bonchev–Trinajstić information content (AvgIpc) is 2.10. The fourth-order valence-electron chi connectivity index (χ4n) is 1.35. The summed E-state index contributed by atoms with van der Waals surface area (Å²) in [4.78, 5) is 10.9. The minimum atomic E-state index is -0.311. The maximum Gasteiger partial charge on any atom is 0.134 e. The third-order valence-corrected chi connectivity index (χ3v) is 2.63. The number of carbonyl (C=O) groups excluding carboxylic acids is 1. The number of rotatable bonds is 2. The summed E-state index contributed by atoms with van der Waals surface area (Å²) >= 11 is 5.82. The Hall–Kier alpha value is -0.890. The van der Waals surface area contributed by atoms with Gasteiger partial charge in [-0.1, -0.05) is 11.6 Å². The lowest BCUT2D eigenvalue weighted by Crippen LogP contribution is -2.02. The fraction of sp³-hybridized carbons (Fsp3) is 0.364. The largest absolute Gasteiger partial charge is 0.300 e. The molecule has 0 unspecified atom stereocenters. The highest BCUT2D eigenvalue weighted by Crippen LogP contribution is 2.25. The van der Waals surface area contributed by atoms with Crippen molar-refractivity contribution in [3.05, 3.63) is 33.6 Å². The minimum absolute atomic E-state index is 0.00687. The zero-order valence-electron chi connectivity index (χ0n) is 8.45. The summed E-state index contributed by atoms with van der Waals surface area (Å²) in [6, 6.07) is 1.66. The van der Waals surface area contributed by atoms with Crippen molar-refractivity contribution < 1.29 is 9.18 Å². The first kappa shape index (κ1) is 11.2. The van der Waals surface area contributed by atoms with Crippen LogP contribution in [0.3, 0.4) is 0 Å². The summed E-state index contributed by atoms with van der Waals surface area (Å²) in [6.07, 6.45) is 0.239. The molecule has 0 saturated carbocycles. The van der Waals surface area contributed by atoms with E-state index in [1.54, 1.807) is 19.9 Å². The molecule has 1 rings (SSSR count). The van der Waals surface area contributed by atoms with E-state index >= 15 is 0 Å². The summed E-state index contributed by atoms with van der Waals surface area (Å²) < 4.78 is 13.5. The van der Waals surface area contributed by atoms with Crippen LogP contribution < -0.4 is 0 Å². The van der Waals surface area contributed by atoms with Gasteiger partial charge in [-0.25, -0.2) is 4.39 Å². The third kappa shape index (κ3) is 2.13. The number of ketones is 1. The summed E-state index contributed by atoms with van der Waals surface area (Å²) in [5, 5.41) is 0.379. The third-order valence-electron chi connectivity index (χ3n) is 2.24. The van der Waals surface area contributed by atoms with Crippen LogP contribution in [0.5, 0.6) is 0 Å². The monoisotopic (exact) mass is 214 g/mol. The Morgan fingerprint density at radius 2 is 2.00 bits per heavy atom. The van der Waals surface area contributed by atoms with Gasteiger partial charge in [-0.2, -0.15) is 0 Å². The molecule has 0 aromatic heterocycles. The normalized spacial score (nSPS) is 10.4. The summed E-state index contributed by atoms with van der Waals surface area (Å²) in [7, 11) is 0. The molecule has 0 bridgehead atoms. The van der Waals surface area contributed by atoms with Crippen LogP contribution in [0.4, 0.5) is 4.39 Å². The van der Waals surface area contributed by atoms with Crippen molar-refractivity contribution in [2.75, 3.05) is 0 Å². The van der Waals surface area contributed by atoms with Crippen LogP contribution in [-0.2, 0) is 11.2 Å². The van der Waals surface area contributed by atoms with Crippen LogP contribution in [-0.4, -0.2) is 5.78 Å². The number of halogens is 2. The van der Waals surface area contributed by atoms with Gasteiger partial charge in [0.25, 0.3) is 0 Å². The highest BCUT2D eigenvalue weighted by atomic mass is 35.5. The second kappa shape index (κ2) is 4.09. The Balaban J connectivity index is 3.25. The van der Waals surface area contributed by atoms with Gasteiger partial charge in [-0.3, -0.25) is 4.79 Å². The molecule has 0 aliphatic heterocycles. The zero-order valence-corrected chi connectivity index (χ0v) is 9.20. The van der Waals surface area contributed by atoms with E-state index in [-0.39, 0.29) is 18.0 Å². The predicted octanol–water partition coefficient (Wildman–Crippen LogP) is 3.23. The molecule has 0 spiro atoms. The van der Waals surface area contributed by atoms with E-state index in [0.29, 0.717) is 21.7 Å². The lowest BCUT2D eigenvalue weighted by atomic mass is 10.0. The minimum Gasteiger partial charge on any atom is -0.300 e. The van der Waals surface area contributed by atoms with Crippen LogP contribution in [0.25, 0.3) is 0 Å². The molecular formula is C11H12ClFO. The summed E-state index contributed by atoms with van der Waals surface area (Å²) in [6.45, 7) is 4.77. The Morgan fingerprint density at radius 1 is 1.43 bits per heavy atom. The fourth-order valence-corrected chi connectivity index (χ4v) is 1.56. The summed E-state index contributed by atoms with van der Waals surface area (Å²) in [5.41, 5.74) is 1.63. The van der Waals surface area contributed by atoms with Gasteiger partial charge in [0, 0.05) is 17.0 Å². The zero-order chi connectivity index (χ0) is 10.9. The number of carbonyl (C=O) groups is 1. The SMILES string of the molecule is CC(=O)Cc1cc(Cl)c(C)c(F)c1C. The van der Waals surface area contributed by atoms with Crippen LogP contribution >= 0.6 is 11.6 Å². The van der Waals surface area contributed by atoms with Gasteiger partial charge < -0.3 is 0 Å². The molecule has 0 aliphatic carbocycles. The second-order valence-corrected chi connectivity index (χ2v) is 3.87. The van der Waals surface area contributed by atoms with E-state index in [4.69, 9.17) is 11.6 Å². The van der Waals surface area contributed by atoms with Crippen LogP contribution in [0.15, 0.2) is 6.07 Å². The topological polar surface area (TPSA) is 17.1 Å². The van der Waals surface area contributed by atoms with Gasteiger partial charge in [-0.15, -0.1) is 0 Å². The number of hydrogen-bond acceptors (Lipinski definition) is 1. The van der Waals surface area contributed by atoms with Crippen molar-refractivity contribution in [3.8, 4) is 0 Å². The molecule has 1 aromatic rings. The van der Waals surface area contributed by atoms with Gasteiger partial charge >= 0.3 is 0 Å². The Bertz CT molecular complexity index is 385. The molecule has 0 radical (unpaired) electrons. The van der Waals surface area contributed by atoms with E-state index in [9.17, 15) is 9.18 Å². The smallest absolute Gasteiger partial charge is 0.134 e. The molecule has 0 amide bonds. The lowest BCUT2D eigenvalue weighted by molar-refractivity contribution is -0.116. The van der Waals surface area contributed by atoms with Crippen LogP contribution in [0, 0.1) is 19.7 Å². The molecule has 0 heterocycles. The molecule has 1 aromatic carbocycles. The quantitative estimate of drug-likeness (QED) is 0.739. The molecule has 0 fully saturated rings. The van der Waals surface area contributed by atoms with Crippen molar-refractivity contribution in [1.29, 1.82) is 0 Å². The van der Waals surface area contributed by atoms with Crippen molar-refractivity contribution in [1.82, 2.24) is 0 Å².